The van der Waals surface area contributed by atoms with Crippen LogP contribution in [0.4, 0.5) is 5.69 Å². The third-order valence-electron chi connectivity index (χ3n) is 3.96. The molecule has 1 aromatic carbocycles. The molecular formula is C16H22ClN3O2. The van der Waals surface area contributed by atoms with Crippen molar-refractivity contribution in [2.24, 2.45) is 5.92 Å². The maximum Gasteiger partial charge on any atom is 0.224 e. The number of nitrogens with zero attached hydrogens (tertiary/aromatic N) is 1. The molecule has 120 valence electrons. The van der Waals surface area contributed by atoms with Gasteiger partial charge in [-0.1, -0.05) is 6.92 Å². The van der Waals surface area contributed by atoms with Crippen LogP contribution >= 0.6 is 12.4 Å². The quantitative estimate of drug-likeness (QED) is 0.887. The van der Waals surface area contributed by atoms with Crippen LogP contribution < -0.4 is 10.6 Å². The van der Waals surface area contributed by atoms with Crippen molar-refractivity contribution in [2.45, 2.75) is 32.6 Å². The van der Waals surface area contributed by atoms with Crippen LogP contribution in [0.2, 0.25) is 0 Å². The van der Waals surface area contributed by atoms with Gasteiger partial charge in [0, 0.05) is 18.5 Å². The minimum atomic E-state index is 0. The topological polar surface area (TPSA) is 67.2 Å². The van der Waals surface area contributed by atoms with E-state index in [0.29, 0.717) is 12.3 Å². The van der Waals surface area contributed by atoms with E-state index in [4.69, 9.17) is 4.42 Å². The molecule has 1 aromatic heterocycles. The van der Waals surface area contributed by atoms with Crippen LogP contribution in [0.5, 0.6) is 0 Å². The SMILES string of the molecule is CCc1nc2cc(NC(=O)CCC3CCNC3)ccc2o1.Cl. The Bertz CT molecular complexity index is 635. The van der Waals surface area contributed by atoms with Crippen molar-refractivity contribution in [3.8, 4) is 0 Å². The van der Waals surface area contributed by atoms with Gasteiger partial charge in [-0.15, -0.1) is 12.4 Å². The normalized spacial score (nSPS) is 17.4. The molecule has 0 bridgehead atoms. The van der Waals surface area contributed by atoms with Crippen molar-refractivity contribution >= 4 is 35.1 Å². The molecule has 0 spiro atoms. The second kappa shape index (κ2) is 7.61. The van der Waals surface area contributed by atoms with E-state index in [2.05, 4.69) is 15.6 Å². The Kier molecular flexibility index (Phi) is 5.80. The van der Waals surface area contributed by atoms with E-state index < -0.39 is 0 Å². The van der Waals surface area contributed by atoms with Gasteiger partial charge in [0.2, 0.25) is 5.91 Å². The minimum absolute atomic E-state index is 0. The lowest BCUT2D eigenvalue weighted by Crippen LogP contribution is -2.14. The zero-order valence-electron chi connectivity index (χ0n) is 12.7. The average molecular weight is 324 g/mol. The molecule has 1 unspecified atom stereocenters. The van der Waals surface area contributed by atoms with Gasteiger partial charge in [-0.25, -0.2) is 4.98 Å². The Labute approximate surface area is 136 Å². The van der Waals surface area contributed by atoms with Crippen molar-refractivity contribution in [3.05, 3.63) is 24.1 Å². The molecule has 1 atom stereocenters. The highest BCUT2D eigenvalue weighted by molar-refractivity contribution is 5.92. The molecule has 2 heterocycles. The molecule has 1 amide bonds. The fourth-order valence-corrected chi connectivity index (χ4v) is 2.72. The van der Waals surface area contributed by atoms with Crippen LogP contribution in [0, 0.1) is 5.92 Å². The van der Waals surface area contributed by atoms with Crippen molar-refractivity contribution in [1.82, 2.24) is 10.3 Å². The monoisotopic (exact) mass is 323 g/mol. The third-order valence-corrected chi connectivity index (χ3v) is 3.96. The Hall–Kier alpha value is -1.59. The molecule has 2 N–H and O–H groups in total. The van der Waals surface area contributed by atoms with E-state index in [1.165, 1.54) is 6.42 Å². The fourth-order valence-electron chi connectivity index (χ4n) is 2.72. The van der Waals surface area contributed by atoms with Gasteiger partial charge in [0.25, 0.3) is 0 Å². The number of benzene rings is 1. The number of hydrogen-bond donors (Lipinski definition) is 2. The van der Waals surface area contributed by atoms with Crippen LogP contribution in [-0.4, -0.2) is 24.0 Å². The van der Waals surface area contributed by atoms with Crippen LogP contribution in [0.3, 0.4) is 0 Å². The second-order valence-electron chi connectivity index (χ2n) is 5.59. The van der Waals surface area contributed by atoms with Crippen molar-refractivity contribution < 1.29 is 9.21 Å². The van der Waals surface area contributed by atoms with Crippen molar-refractivity contribution in [3.63, 3.8) is 0 Å². The number of aryl methyl sites for hydroxylation is 1. The van der Waals surface area contributed by atoms with Gasteiger partial charge in [-0.3, -0.25) is 4.79 Å². The molecule has 22 heavy (non-hydrogen) atoms. The number of carbonyl (C=O) groups excluding carboxylic acids is 1. The highest BCUT2D eigenvalue weighted by atomic mass is 35.5. The minimum Gasteiger partial charge on any atom is -0.441 e. The number of anilines is 1. The van der Waals surface area contributed by atoms with E-state index in [1.807, 2.05) is 25.1 Å². The molecule has 0 aliphatic carbocycles. The summed E-state index contributed by atoms with van der Waals surface area (Å²) in [5.41, 5.74) is 2.35. The largest absolute Gasteiger partial charge is 0.441 e. The Morgan fingerprint density at radius 3 is 3.09 bits per heavy atom. The van der Waals surface area contributed by atoms with E-state index >= 15 is 0 Å². The Morgan fingerprint density at radius 1 is 1.50 bits per heavy atom. The lowest BCUT2D eigenvalue weighted by Gasteiger charge is -2.08. The average Bonchev–Trinajstić information content (AvgIpc) is 3.13. The standard InChI is InChI=1S/C16H21N3O2.ClH/c1-2-16-19-13-9-12(4-5-14(13)21-16)18-15(20)6-3-11-7-8-17-10-11;/h4-5,9,11,17H,2-3,6-8,10H2,1H3,(H,18,20);1H. The van der Waals surface area contributed by atoms with Crippen LogP contribution in [0.25, 0.3) is 11.1 Å². The van der Waals surface area contributed by atoms with Gasteiger partial charge in [-0.05, 0) is 50.0 Å². The number of nitrogens with one attached hydrogen (secondary N) is 2. The summed E-state index contributed by atoms with van der Waals surface area (Å²) in [4.78, 5) is 16.4. The molecule has 5 nitrogen and oxygen atoms in total. The van der Waals surface area contributed by atoms with Crippen molar-refractivity contribution in [2.75, 3.05) is 18.4 Å². The van der Waals surface area contributed by atoms with Crippen LogP contribution in [0.15, 0.2) is 22.6 Å². The maximum absolute atomic E-state index is 12.0. The van der Waals surface area contributed by atoms with Crippen LogP contribution in [-0.2, 0) is 11.2 Å². The fraction of sp³-hybridized carbons (Fsp3) is 0.500. The summed E-state index contributed by atoms with van der Waals surface area (Å²) in [6.45, 7) is 4.12. The van der Waals surface area contributed by atoms with E-state index in [9.17, 15) is 4.79 Å². The van der Waals surface area contributed by atoms with Gasteiger partial charge in [0.15, 0.2) is 11.5 Å². The number of rotatable bonds is 5. The molecule has 1 aliphatic heterocycles. The summed E-state index contributed by atoms with van der Waals surface area (Å²) in [7, 11) is 0. The molecule has 1 saturated heterocycles. The highest BCUT2D eigenvalue weighted by Gasteiger charge is 2.15. The number of amides is 1. The summed E-state index contributed by atoms with van der Waals surface area (Å²) in [5.74, 6) is 1.43. The highest BCUT2D eigenvalue weighted by Crippen LogP contribution is 2.21. The summed E-state index contributed by atoms with van der Waals surface area (Å²) >= 11 is 0. The van der Waals surface area contributed by atoms with Gasteiger partial charge >= 0.3 is 0 Å². The molecule has 1 fully saturated rings. The lowest BCUT2D eigenvalue weighted by molar-refractivity contribution is -0.116. The first-order valence-electron chi connectivity index (χ1n) is 7.64. The number of hydrogen-bond acceptors (Lipinski definition) is 4. The number of aromatic nitrogens is 1. The smallest absolute Gasteiger partial charge is 0.224 e. The van der Waals surface area contributed by atoms with Crippen LogP contribution in [0.1, 0.15) is 32.1 Å². The first kappa shape index (κ1) is 16.8. The van der Waals surface area contributed by atoms with E-state index in [0.717, 1.165) is 48.6 Å². The summed E-state index contributed by atoms with van der Waals surface area (Å²) in [5, 5.41) is 6.27. The Morgan fingerprint density at radius 2 is 2.36 bits per heavy atom. The molecule has 0 saturated carbocycles. The Balaban J connectivity index is 0.00000176. The molecular weight excluding hydrogens is 302 g/mol. The summed E-state index contributed by atoms with van der Waals surface area (Å²) in [6.07, 6.45) is 3.47. The summed E-state index contributed by atoms with van der Waals surface area (Å²) < 4.78 is 5.56. The molecule has 6 heteroatoms. The third kappa shape index (κ3) is 3.99. The van der Waals surface area contributed by atoms with Gasteiger partial charge in [-0.2, -0.15) is 0 Å². The van der Waals surface area contributed by atoms with E-state index in [1.54, 1.807) is 0 Å². The second-order valence-corrected chi connectivity index (χ2v) is 5.59. The number of halogens is 1. The lowest BCUT2D eigenvalue weighted by atomic mass is 10.0. The number of carbonyl (C=O) groups is 1. The molecule has 3 rings (SSSR count). The van der Waals surface area contributed by atoms with Gasteiger partial charge in [0.1, 0.15) is 5.52 Å². The zero-order valence-corrected chi connectivity index (χ0v) is 13.5. The predicted molar refractivity (Wildman–Crippen MR) is 89.5 cm³/mol. The van der Waals surface area contributed by atoms with Gasteiger partial charge in [0.05, 0.1) is 0 Å². The van der Waals surface area contributed by atoms with Gasteiger partial charge < -0.3 is 15.1 Å². The predicted octanol–water partition coefficient (Wildman–Crippen LogP) is 3.14. The molecule has 2 aromatic rings. The molecule has 0 radical (unpaired) electrons. The first-order valence-corrected chi connectivity index (χ1v) is 7.64. The first-order chi connectivity index (χ1) is 10.2. The number of fused-ring (bicyclic) bond motifs is 1. The van der Waals surface area contributed by atoms with Crippen molar-refractivity contribution in [1.29, 1.82) is 0 Å². The summed E-state index contributed by atoms with van der Waals surface area (Å²) in [6, 6.07) is 5.59. The number of oxazole rings is 1. The zero-order chi connectivity index (χ0) is 14.7. The maximum atomic E-state index is 12.0. The van der Waals surface area contributed by atoms with E-state index in [-0.39, 0.29) is 18.3 Å². The molecule has 1 aliphatic rings.